The first-order valence-electron chi connectivity index (χ1n) is 9.57. The molecule has 0 aliphatic heterocycles. The van der Waals surface area contributed by atoms with Crippen LogP contribution in [0, 0.1) is 11.3 Å². The first kappa shape index (κ1) is 19.6. The molecule has 28 heavy (non-hydrogen) atoms. The molecule has 144 valence electrons. The molecule has 0 unspecified atom stereocenters. The van der Waals surface area contributed by atoms with Crippen molar-refractivity contribution in [1.82, 2.24) is 0 Å². The molecule has 0 bridgehead atoms. The molecule has 2 aromatic carbocycles. The highest BCUT2D eigenvalue weighted by Crippen LogP contribution is 2.32. The van der Waals surface area contributed by atoms with E-state index < -0.39 is 5.97 Å². The number of ketones is 1. The fraction of sp³-hybridized carbons (Fsp3) is 0.348. The SMILES string of the molecule is N#Cc1ccc(OCC(=O)OCC(=O)c2ccc(C3CCCCC3)cc2)cc1. The van der Waals surface area contributed by atoms with Gasteiger partial charge in [0, 0.05) is 5.56 Å². The molecule has 0 spiro atoms. The Hall–Kier alpha value is -3.13. The summed E-state index contributed by atoms with van der Waals surface area (Å²) in [5, 5.41) is 8.75. The van der Waals surface area contributed by atoms with Gasteiger partial charge in [-0.2, -0.15) is 5.26 Å². The van der Waals surface area contributed by atoms with E-state index in [9.17, 15) is 9.59 Å². The Bertz CT molecular complexity index is 844. The summed E-state index contributed by atoms with van der Waals surface area (Å²) in [5.41, 5.74) is 2.33. The molecular weight excluding hydrogens is 354 g/mol. The number of hydrogen-bond donors (Lipinski definition) is 0. The molecule has 2 aromatic rings. The Morgan fingerprint density at radius 2 is 1.61 bits per heavy atom. The fourth-order valence-corrected chi connectivity index (χ4v) is 3.42. The Morgan fingerprint density at radius 3 is 2.25 bits per heavy atom. The van der Waals surface area contributed by atoms with E-state index in [4.69, 9.17) is 14.7 Å². The van der Waals surface area contributed by atoms with Crippen LogP contribution in [-0.2, 0) is 9.53 Å². The lowest BCUT2D eigenvalue weighted by Crippen LogP contribution is -2.19. The largest absolute Gasteiger partial charge is 0.482 e. The van der Waals surface area contributed by atoms with Crippen LogP contribution in [0.1, 0.15) is 59.5 Å². The van der Waals surface area contributed by atoms with E-state index in [2.05, 4.69) is 0 Å². The van der Waals surface area contributed by atoms with Gasteiger partial charge in [0.2, 0.25) is 0 Å². The van der Waals surface area contributed by atoms with Crippen LogP contribution >= 0.6 is 0 Å². The van der Waals surface area contributed by atoms with Crippen molar-refractivity contribution in [2.45, 2.75) is 38.0 Å². The zero-order valence-corrected chi connectivity index (χ0v) is 15.7. The van der Waals surface area contributed by atoms with E-state index in [-0.39, 0.29) is 19.0 Å². The van der Waals surface area contributed by atoms with Crippen molar-refractivity contribution in [3.05, 3.63) is 65.2 Å². The maximum atomic E-state index is 12.2. The second-order valence-corrected chi connectivity index (χ2v) is 6.97. The molecular formula is C23H23NO4. The number of esters is 1. The van der Waals surface area contributed by atoms with E-state index in [1.807, 2.05) is 30.3 Å². The standard InChI is InChI=1S/C23H23NO4/c24-14-17-6-12-21(13-7-17)27-16-23(26)28-15-22(25)20-10-8-19(9-11-20)18-4-2-1-3-5-18/h6-13,18H,1-5,15-16H2. The summed E-state index contributed by atoms with van der Waals surface area (Å²) in [6.07, 6.45) is 6.28. The molecule has 5 nitrogen and oxygen atoms in total. The van der Waals surface area contributed by atoms with Crippen LogP contribution in [0.5, 0.6) is 5.75 Å². The predicted octanol–water partition coefficient (Wildman–Crippen LogP) is 4.41. The number of carbonyl (C=O) groups excluding carboxylic acids is 2. The maximum Gasteiger partial charge on any atom is 0.344 e. The van der Waals surface area contributed by atoms with Gasteiger partial charge < -0.3 is 9.47 Å². The van der Waals surface area contributed by atoms with Gasteiger partial charge in [-0.3, -0.25) is 4.79 Å². The van der Waals surface area contributed by atoms with Gasteiger partial charge in [0.15, 0.2) is 19.0 Å². The van der Waals surface area contributed by atoms with Gasteiger partial charge in [0.1, 0.15) is 5.75 Å². The van der Waals surface area contributed by atoms with Crippen LogP contribution in [0.2, 0.25) is 0 Å². The summed E-state index contributed by atoms with van der Waals surface area (Å²) in [7, 11) is 0. The number of hydrogen-bond acceptors (Lipinski definition) is 5. The molecule has 1 saturated carbocycles. The normalized spacial score (nSPS) is 14.1. The molecule has 0 radical (unpaired) electrons. The summed E-state index contributed by atoms with van der Waals surface area (Å²) in [6, 6.07) is 16.1. The monoisotopic (exact) mass is 377 g/mol. The number of rotatable bonds is 7. The second kappa shape index (κ2) is 9.70. The molecule has 0 aromatic heterocycles. The average Bonchev–Trinajstić information content (AvgIpc) is 2.77. The minimum absolute atomic E-state index is 0.234. The topological polar surface area (TPSA) is 76.4 Å². The van der Waals surface area contributed by atoms with Crippen LogP contribution in [0.4, 0.5) is 0 Å². The van der Waals surface area contributed by atoms with E-state index in [0.717, 1.165) is 0 Å². The molecule has 1 aliphatic rings. The zero-order chi connectivity index (χ0) is 19.8. The van der Waals surface area contributed by atoms with Gasteiger partial charge in [0.25, 0.3) is 0 Å². The van der Waals surface area contributed by atoms with Gasteiger partial charge in [-0.05, 0) is 48.6 Å². The molecule has 0 saturated heterocycles. The van der Waals surface area contributed by atoms with E-state index in [1.165, 1.54) is 37.7 Å². The molecule has 1 fully saturated rings. The third-order valence-electron chi connectivity index (χ3n) is 5.01. The number of carbonyl (C=O) groups is 2. The number of nitrogens with zero attached hydrogens (tertiary/aromatic N) is 1. The molecule has 0 atom stereocenters. The first-order chi connectivity index (χ1) is 13.7. The minimum atomic E-state index is -0.614. The zero-order valence-electron chi connectivity index (χ0n) is 15.7. The molecule has 0 N–H and O–H groups in total. The highest BCUT2D eigenvalue weighted by Gasteiger charge is 2.16. The van der Waals surface area contributed by atoms with E-state index >= 15 is 0 Å². The van der Waals surface area contributed by atoms with Crippen molar-refractivity contribution in [1.29, 1.82) is 5.26 Å². The van der Waals surface area contributed by atoms with E-state index in [0.29, 0.717) is 22.8 Å². The third-order valence-corrected chi connectivity index (χ3v) is 5.01. The van der Waals surface area contributed by atoms with Crippen LogP contribution in [0.25, 0.3) is 0 Å². The van der Waals surface area contributed by atoms with Gasteiger partial charge in [0.05, 0.1) is 11.6 Å². The van der Waals surface area contributed by atoms with Crippen molar-refractivity contribution < 1.29 is 19.1 Å². The summed E-state index contributed by atoms with van der Waals surface area (Å²) in [4.78, 5) is 24.0. The van der Waals surface area contributed by atoms with Gasteiger partial charge >= 0.3 is 5.97 Å². The van der Waals surface area contributed by atoms with Crippen molar-refractivity contribution in [3.63, 3.8) is 0 Å². The highest BCUT2D eigenvalue weighted by atomic mass is 16.6. The van der Waals surface area contributed by atoms with Crippen molar-refractivity contribution in [2.75, 3.05) is 13.2 Å². The fourth-order valence-electron chi connectivity index (χ4n) is 3.42. The van der Waals surface area contributed by atoms with Crippen molar-refractivity contribution in [3.8, 4) is 11.8 Å². The van der Waals surface area contributed by atoms with Crippen LogP contribution < -0.4 is 4.74 Å². The number of Topliss-reactive ketones (excluding diaryl/α,β-unsaturated/α-hetero) is 1. The second-order valence-electron chi connectivity index (χ2n) is 6.97. The number of benzene rings is 2. The molecule has 0 amide bonds. The summed E-state index contributed by atoms with van der Waals surface area (Å²) >= 11 is 0. The predicted molar refractivity (Wildman–Crippen MR) is 104 cm³/mol. The lowest BCUT2D eigenvalue weighted by Gasteiger charge is -2.22. The molecule has 0 heterocycles. The summed E-state index contributed by atoms with van der Waals surface area (Å²) in [5.74, 6) is 0.203. The Labute approximate surface area is 164 Å². The van der Waals surface area contributed by atoms with E-state index in [1.54, 1.807) is 24.3 Å². The van der Waals surface area contributed by atoms with Crippen molar-refractivity contribution >= 4 is 11.8 Å². The number of nitriles is 1. The first-order valence-corrected chi connectivity index (χ1v) is 9.57. The smallest absolute Gasteiger partial charge is 0.344 e. The van der Waals surface area contributed by atoms with Crippen molar-refractivity contribution in [2.24, 2.45) is 0 Å². The molecule has 1 aliphatic carbocycles. The number of ether oxygens (including phenoxy) is 2. The quantitative estimate of drug-likeness (QED) is 0.528. The third kappa shape index (κ3) is 5.43. The lowest BCUT2D eigenvalue weighted by atomic mass is 9.84. The van der Waals surface area contributed by atoms with Crippen LogP contribution in [0.15, 0.2) is 48.5 Å². The van der Waals surface area contributed by atoms with Crippen LogP contribution in [0.3, 0.4) is 0 Å². The van der Waals surface area contributed by atoms with Gasteiger partial charge in [-0.1, -0.05) is 43.5 Å². The lowest BCUT2D eigenvalue weighted by molar-refractivity contribution is -0.144. The van der Waals surface area contributed by atoms with Gasteiger partial charge in [-0.15, -0.1) is 0 Å². The molecule has 3 rings (SSSR count). The average molecular weight is 377 g/mol. The Balaban J connectivity index is 1.43. The maximum absolute atomic E-state index is 12.2. The van der Waals surface area contributed by atoms with Gasteiger partial charge in [-0.25, -0.2) is 4.79 Å². The summed E-state index contributed by atoms with van der Waals surface area (Å²) in [6.45, 7) is -0.599. The Kier molecular flexibility index (Phi) is 6.80. The van der Waals surface area contributed by atoms with Crippen LogP contribution in [-0.4, -0.2) is 25.0 Å². The minimum Gasteiger partial charge on any atom is -0.482 e. The summed E-state index contributed by atoms with van der Waals surface area (Å²) < 4.78 is 10.3. The molecule has 5 heteroatoms. The Morgan fingerprint density at radius 1 is 0.929 bits per heavy atom. The highest BCUT2D eigenvalue weighted by molar-refractivity contribution is 5.98.